The van der Waals surface area contributed by atoms with Gasteiger partial charge in [0.05, 0.1) is 9.92 Å². The first-order valence-electron chi connectivity index (χ1n) is 4.99. The Labute approximate surface area is 105 Å². The number of aliphatic carboxylic acids is 1. The molecule has 0 bridgehead atoms. The van der Waals surface area contributed by atoms with E-state index in [0.29, 0.717) is 0 Å². The summed E-state index contributed by atoms with van der Waals surface area (Å²) in [6.45, 7) is 3.10. The number of carboxylic acids is 1. The van der Waals surface area contributed by atoms with E-state index < -0.39 is 27.0 Å². The van der Waals surface area contributed by atoms with Gasteiger partial charge in [-0.1, -0.05) is 37.6 Å². The molecule has 0 amide bonds. The summed E-state index contributed by atoms with van der Waals surface area (Å²) in [4.78, 5) is 10.9. The Kier molecular flexibility index (Phi) is 4.16. The van der Waals surface area contributed by atoms with E-state index >= 15 is 0 Å². The molecule has 0 aliphatic heterocycles. The number of carbonyl (C=O) groups is 1. The zero-order chi connectivity index (χ0) is 13.2. The third-order valence-electron chi connectivity index (χ3n) is 2.33. The van der Waals surface area contributed by atoms with Gasteiger partial charge in [0.15, 0.2) is 15.1 Å². The van der Waals surface area contributed by atoms with Crippen LogP contribution in [-0.4, -0.2) is 24.7 Å². The van der Waals surface area contributed by atoms with Crippen LogP contribution in [0.4, 0.5) is 0 Å². The second-order valence-electron chi connectivity index (χ2n) is 3.98. The predicted octanol–water partition coefficient (Wildman–Crippen LogP) is 2.22. The fourth-order valence-corrected chi connectivity index (χ4v) is 3.91. The summed E-state index contributed by atoms with van der Waals surface area (Å²) in [6.07, 6.45) is 0. The van der Waals surface area contributed by atoms with Crippen LogP contribution in [-0.2, 0) is 14.6 Å². The summed E-state index contributed by atoms with van der Waals surface area (Å²) in [5, 5.41) is 7.57. The molecular formula is C11H13ClO4S. The number of hydrogen-bond donors (Lipinski definition) is 1. The molecule has 1 rings (SSSR count). The quantitative estimate of drug-likeness (QED) is 0.915. The molecule has 1 aromatic rings. The Hall–Kier alpha value is -1.07. The highest BCUT2D eigenvalue weighted by Crippen LogP contribution is 2.27. The lowest BCUT2D eigenvalue weighted by atomic mass is 10.1. The molecule has 0 saturated carbocycles. The Bertz CT molecular complexity index is 522. The molecule has 1 atom stereocenters. The summed E-state index contributed by atoms with van der Waals surface area (Å²) in [5.74, 6) is -1.89. The molecule has 0 aliphatic carbocycles. The Morgan fingerprint density at radius 2 is 1.82 bits per heavy atom. The molecule has 0 saturated heterocycles. The third kappa shape index (κ3) is 2.79. The van der Waals surface area contributed by atoms with Crippen molar-refractivity contribution in [2.75, 3.05) is 0 Å². The van der Waals surface area contributed by atoms with Gasteiger partial charge in [0, 0.05) is 0 Å². The van der Waals surface area contributed by atoms with Crippen LogP contribution in [0.3, 0.4) is 0 Å². The highest BCUT2D eigenvalue weighted by Gasteiger charge is 2.37. The maximum absolute atomic E-state index is 12.2. The SMILES string of the molecule is CC(C)C(C(=O)O)S(=O)(=O)c1ccccc1Cl. The van der Waals surface area contributed by atoms with Crippen molar-refractivity contribution in [3.63, 3.8) is 0 Å². The molecule has 4 nitrogen and oxygen atoms in total. The van der Waals surface area contributed by atoms with Crippen LogP contribution in [0, 0.1) is 5.92 Å². The van der Waals surface area contributed by atoms with E-state index in [1.807, 2.05) is 0 Å². The minimum absolute atomic E-state index is 0.0411. The average Bonchev–Trinajstić information content (AvgIpc) is 2.15. The summed E-state index contributed by atoms with van der Waals surface area (Å²) in [6, 6.07) is 5.84. The number of hydrogen-bond acceptors (Lipinski definition) is 3. The number of halogens is 1. The predicted molar refractivity (Wildman–Crippen MR) is 64.9 cm³/mol. The Balaban J connectivity index is 3.37. The molecule has 0 fully saturated rings. The van der Waals surface area contributed by atoms with Crippen LogP contribution in [0.25, 0.3) is 0 Å². The van der Waals surface area contributed by atoms with Crippen LogP contribution in [0.5, 0.6) is 0 Å². The number of sulfone groups is 1. The summed E-state index contributed by atoms with van der Waals surface area (Å²) < 4.78 is 24.3. The maximum Gasteiger partial charge on any atom is 0.322 e. The molecule has 17 heavy (non-hydrogen) atoms. The fraction of sp³-hybridized carbons (Fsp3) is 0.364. The fourth-order valence-electron chi connectivity index (χ4n) is 1.59. The van der Waals surface area contributed by atoms with Crippen molar-refractivity contribution in [3.8, 4) is 0 Å². The molecule has 1 unspecified atom stereocenters. The zero-order valence-corrected chi connectivity index (χ0v) is 11.0. The van der Waals surface area contributed by atoms with Crippen molar-refractivity contribution in [2.45, 2.75) is 24.0 Å². The van der Waals surface area contributed by atoms with Crippen molar-refractivity contribution < 1.29 is 18.3 Å². The number of benzene rings is 1. The second-order valence-corrected chi connectivity index (χ2v) is 6.42. The molecule has 1 N–H and O–H groups in total. The zero-order valence-electron chi connectivity index (χ0n) is 9.42. The molecule has 0 aromatic heterocycles. The van der Waals surface area contributed by atoms with Gasteiger partial charge in [-0.3, -0.25) is 4.79 Å². The Morgan fingerprint density at radius 1 is 1.29 bits per heavy atom. The summed E-state index contributed by atoms with van der Waals surface area (Å²) >= 11 is 5.79. The Morgan fingerprint density at radius 3 is 2.24 bits per heavy atom. The van der Waals surface area contributed by atoms with E-state index in [-0.39, 0.29) is 9.92 Å². The van der Waals surface area contributed by atoms with Crippen LogP contribution in [0.15, 0.2) is 29.2 Å². The second kappa shape index (κ2) is 5.06. The first-order chi connectivity index (χ1) is 7.78. The first-order valence-corrected chi connectivity index (χ1v) is 6.92. The van der Waals surface area contributed by atoms with Gasteiger partial charge >= 0.3 is 5.97 Å². The summed E-state index contributed by atoms with van der Waals surface area (Å²) in [5.41, 5.74) is 0. The normalized spacial score (nSPS) is 13.6. The van der Waals surface area contributed by atoms with Crippen LogP contribution in [0.1, 0.15) is 13.8 Å². The maximum atomic E-state index is 12.2. The molecule has 0 spiro atoms. The van der Waals surface area contributed by atoms with E-state index in [2.05, 4.69) is 0 Å². The van der Waals surface area contributed by atoms with Crippen LogP contribution >= 0.6 is 11.6 Å². The average molecular weight is 277 g/mol. The van der Waals surface area contributed by atoms with E-state index in [1.165, 1.54) is 18.2 Å². The van der Waals surface area contributed by atoms with Crippen molar-refractivity contribution in [1.82, 2.24) is 0 Å². The topological polar surface area (TPSA) is 71.4 Å². The van der Waals surface area contributed by atoms with Gasteiger partial charge in [-0.2, -0.15) is 0 Å². The highest BCUT2D eigenvalue weighted by molar-refractivity contribution is 7.93. The molecule has 0 radical (unpaired) electrons. The molecule has 6 heteroatoms. The molecular weight excluding hydrogens is 264 g/mol. The first kappa shape index (κ1) is 14.0. The van der Waals surface area contributed by atoms with Crippen molar-refractivity contribution in [3.05, 3.63) is 29.3 Å². The smallest absolute Gasteiger partial charge is 0.322 e. The number of carboxylic acid groups (broad SMARTS) is 1. The third-order valence-corrected chi connectivity index (χ3v) is 5.15. The lowest BCUT2D eigenvalue weighted by Gasteiger charge is -2.17. The van der Waals surface area contributed by atoms with Crippen LogP contribution < -0.4 is 0 Å². The lowest BCUT2D eigenvalue weighted by Crippen LogP contribution is -2.35. The van der Waals surface area contributed by atoms with E-state index in [9.17, 15) is 13.2 Å². The van der Waals surface area contributed by atoms with Gasteiger partial charge < -0.3 is 5.11 Å². The van der Waals surface area contributed by atoms with E-state index in [1.54, 1.807) is 19.9 Å². The molecule has 94 valence electrons. The van der Waals surface area contributed by atoms with Gasteiger partial charge in [-0.15, -0.1) is 0 Å². The van der Waals surface area contributed by atoms with Gasteiger partial charge in [0.25, 0.3) is 0 Å². The summed E-state index contributed by atoms with van der Waals surface area (Å²) in [7, 11) is -3.96. The van der Waals surface area contributed by atoms with Gasteiger partial charge in [-0.25, -0.2) is 8.42 Å². The largest absolute Gasteiger partial charge is 0.480 e. The van der Waals surface area contributed by atoms with Gasteiger partial charge in [0.1, 0.15) is 0 Å². The van der Waals surface area contributed by atoms with Gasteiger partial charge in [0.2, 0.25) is 0 Å². The lowest BCUT2D eigenvalue weighted by molar-refractivity contribution is -0.137. The number of rotatable bonds is 4. The minimum atomic E-state index is -3.96. The van der Waals surface area contributed by atoms with Crippen molar-refractivity contribution in [2.24, 2.45) is 5.92 Å². The van der Waals surface area contributed by atoms with E-state index in [0.717, 1.165) is 0 Å². The molecule has 1 aromatic carbocycles. The van der Waals surface area contributed by atoms with Crippen LogP contribution in [0.2, 0.25) is 5.02 Å². The minimum Gasteiger partial charge on any atom is -0.480 e. The standard InChI is InChI=1S/C11H13ClO4S/c1-7(2)10(11(13)14)17(15,16)9-6-4-3-5-8(9)12/h3-7,10H,1-2H3,(H,13,14). The monoisotopic (exact) mass is 276 g/mol. The molecule has 0 aliphatic rings. The molecule has 0 heterocycles. The highest BCUT2D eigenvalue weighted by atomic mass is 35.5. The van der Waals surface area contributed by atoms with E-state index in [4.69, 9.17) is 16.7 Å². The van der Waals surface area contributed by atoms with Gasteiger partial charge in [-0.05, 0) is 18.1 Å². The van der Waals surface area contributed by atoms with Crippen molar-refractivity contribution in [1.29, 1.82) is 0 Å². The van der Waals surface area contributed by atoms with Crippen molar-refractivity contribution >= 4 is 27.4 Å².